The summed E-state index contributed by atoms with van der Waals surface area (Å²) >= 11 is 1.72. The van der Waals surface area contributed by atoms with Crippen LogP contribution in [0.5, 0.6) is 0 Å². The molecule has 0 unspecified atom stereocenters. The smallest absolute Gasteiger partial charge is 0.164 e. The van der Waals surface area contributed by atoms with Crippen molar-refractivity contribution >= 4 is 27.4 Å². The Morgan fingerprint density at radius 1 is 1.15 bits per heavy atom. The van der Waals surface area contributed by atoms with Crippen molar-refractivity contribution in [1.82, 2.24) is 24.5 Å². The van der Waals surface area contributed by atoms with Crippen LogP contribution in [-0.2, 0) is 6.54 Å². The van der Waals surface area contributed by atoms with E-state index in [2.05, 4.69) is 33.7 Å². The van der Waals surface area contributed by atoms with Gasteiger partial charge in [0, 0.05) is 48.3 Å². The van der Waals surface area contributed by atoms with Crippen molar-refractivity contribution in [2.45, 2.75) is 26.8 Å². The van der Waals surface area contributed by atoms with E-state index in [1.807, 2.05) is 24.7 Å². The number of aromatic nitrogens is 5. The third-order valence-electron chi connectivity index (χ3n) is 4.39. The molecule has 0 aliphatic heterocycles. The maximum Gasteiger partial charge on any atom is 0.164 e. The van der Waals surface area contributed by atoms with Gasteiger partial charge in [0.2, 0.25) is 0 Å². The molecule has 0 aromatic carbocycles. The third kappa shape index (κ3) is 3.30. The van der Waals surface area contributed by atoms with E-state index in [4.69, 9.17) is 9.97 Å². The fourth-order valence-electron chi connectivity index (χ4n) is 2.89. The lowest BCUT2D eigenvalue weighted by Gasteiger charge is -2.10. The zero-order valence-corrected chi connectivity index (χ0v) is 15.6. The predicted octanol–water partition coefficient (Wildman–Crippen LogP) is 4.07. The van der Waals surface area contributed by atoms with Crippen molar-refractivity contribution in [2.75, 3.05) is 11.9 Å². The molecule has 0 fully saturated rings. The lowest BCUT2D eigenvalue weighted by atomic mass is 10.2. The highest BCUT2D eigenvalue weighted by atomic mass is 32.1. The number of hydrogen-bond donors (Lipinski definition) is 1. The fourth-order valence-corrected chi connectivity index (χ4v) is 3.92. The van der Waals surface area contributed by atoms with Gasteiger partial charge in [0.15, 0.2) is 5.82 Å². The van der Waals surface area contributed by atoms with Crippen molar-refractivity contribution in [3.63, 3.8) is 0 Å². The molecule has 4 aromatic heterocycles. The second kappa shape index (κ2) is 7.21. The molecule has 1 N–H and O–H groups in total. The second-order valence-electron chi connectivity index (χ2n) is 6.18. The summed E-state index contributed by atoms with van der Waals surface area (Å²) in [7, 11) is 0. The molecule has 4 rings (SSSR count). The Balaban J connectivity index is 1.62. The molecule has 4 heterocycles. The number of hydrogen-bond acceptors (Lipinski definition) is 6. The number of thiophene rings is 1. The monoisotopic (exact) mass is 364 g/mol. The van der Waals surface area contributed by atoms with Crippen molar-refractivity contribution < 1.29 is 0 Å². The van der Waals surface area contributed by atoms with Crippen LogP contribution in [0.1, 0.15) is 16.9 Å². The van der Waals surface area contributed by atoms with Gasteiger partial charge < -0.3 is 9.88 Å². The summed E-state index contributed by atoms with van der Waals surface area (Å²) in [5, 5.41) is 4.64. The summed E-state index contributed by atoms with van der Waals surface area (Å²) in [6, 6.07) is 3.90. The molecule has 0 bridgehead atoms. The van der Waals surface area contributed by atoms with Crippen LogP contribution in [0.15, 0.2) is 43.2 Å². The van der Waals surface area contributed by atoms with Gasteiger partial charge in [-0.05, 0) is 38.0 Å². The first kappa shape index (κ1) is 16.7. The van der Waals surface area contributed by atoms with Crippen LogP contribution in [-0.4, -0.2) is 31.0 Å². The lowest BCUT2D eigenvalue weighted by molar-refractivity contribution is 0.660. The molecular formula is C19H20N6S. The maximum atomic E-state index is 4.81. The average molecular weight is 364 g/mol. The van der Waals surface area contributed by atoms with E-state index in [1.165, 1.54) is 10.4 Å². The average Bonchev–Trinajstić information content (AvgIpc) is 3.28. The topological polar surface area (TPSA) is 68.5 Å². The fraction of sp³-hybridized carbons (Fsp3) is 0.263. The van der Waals surface area contributed by atoms with Gasteiger partial charge in [-0.25, -0.2) is 15.0 Å². The van der Waals surface area contributed by atoms with E-state index < -0.39 is 0 Å². The standard InChI is InChI=1S/C19H20N6S/c1-13-14(2)26-19-16(13)18(22-7-4-9-25-10-8-21-12-25)23-17(24-19)15-5-3-6-20-11-15/h3,5-6,8,10-12H,4,7,9H2,1-2H3,(H,22,23,24). The van der Waals surface area contributed by atoms with Gasteiger partial charge in [-0.15, -0.1) is 11.3 Å². The van der Waals surface area contributed by atoms with Crippen molar-refractivity contribution in [1.29, 1.82) is 0 Å². The van der Waals surface area contributed by atoms with Gasteiger partial charge in [0.25, 0.3) is 0 Å². The third-order valence-corrected chi connectivity index (χ3v) is 5.49. The quantitative estimate of drug-likeness (QED) is 0.522. The van der Waals surface area contributed by atoms with Crippen molar-refractivity contribution in [3.8, 4) is 11.4 Å². The molecule has 26 heavy (non-hydrogen) atoms. The summed E-state index contributed by atoms with van der Waals surface area (Å²) in [6.45, 7) is 6.04. The summed E-state index contributed by atoms with van der Waals surface area (Å²) < 4.78 is 2.08. The molecule has 0 aliphatic rings. The highest BCUT2D eigenvalue weighted by Gasteiger charge is 2.15. The predicted molar refractivity (Wildman–Crippen MR) is 105 cm³/mol. The number of pyridine rings is 1. The number of anilines is 1. The Hall–Kier alpha value is -2.80. The first-order valence-electron chi connectivity index (χ1n) is 8.60. The molecule has 6 nitrogen and oxygen atoms in total. The minimum Gasteiger partial charge on any atom is -0.369 e. The molecule has 7 heteroatoms. The minimum atomic E-state index is 0.712. The van der Waals surface area contributed by atoms with Crippen LogP contribution >= 0.6 is 11.3 Å². The summed E-state index contributed by atoms with van der Waals surface area (Å²) in [6.07, 6.45) is 10.2. The highest BCUT2D eigenvalue weighted by Crippen LogP contribution is 2.34. The van der Waals surface area contributed by atoms with Gasteiger partial charge in [0.05, 0.1) is 11.7 Å². The summed E-state index contributed by atoms with van der Waals surface area (Å²) in [4.78, 5) is 20.1. The highest BCUT2D eigenvalue weighted by molar-refractivity contribution is 7.18. The number of imidazole rings is 1. The molecule has 0 spiro atoms. The zero-order valence-electron chi connectivity index (χ0n) is 14.8. The number of aryl methyl sites for hydroxylation is 3. The van der Waals surface area contributed by atoms with Gasteiger partial charge in [0.1, 0.15) is 10.6 Å². The Morgan fingerprint density at radius 3 is 2.85 bits per heavy atom. The molecule has 0 saturated carbocycles. The van der Waals surface area contributed by atoms with Crippen LogP contribution in [0, 0.1) is 13.8 Å². The van der Waals surface area contributed by atoms with E-state index in [1.54, 1.807) is 29.9 Å². The van der Waals surface area contributed by atoms with Crippen molar-refractivity contribution in [3.05, 3.63) is 53.7 Å². The number of nitrogens with zero attached hydrogens (tertiary/aromatic N) is 5. The molecule has 0 amide bonds. The normalized spacial score (nSPS) is 11.2. The van der Waals surface area contributed by atoms with Gasteiger partial charge in [-0.1, -0.05) is 0 Å². The van der Waals surface area contributed by atoms with Crippen LogP contribution < -0.4 is 5.32 Å². The van der Waals surface area contributed by atoms with E-state index in [0.717, 1.165) is 41.1 Å². The summed E-state index contributed by atoms with van der Waals surface area (Å²) in [5.41, 5.74) is 2.18. The number of rotatable bonds is 6. The first-order valence-corrected chi connectivity index (χ1v) is 9.42. The van der Waals surface area contributed by atoms with Crippen LogP contribution in [0.25, 0.3) is 21.6 Å². The molecule has 0 radical (unpaired) electrons. The van der Waals surface area contributed by atoms with E-state index in [-0.39, 0.29) is 0 Å². The van der Waals surface area contributed by atoms with Gasteiger partial charge >= 0.3 is 0 Å². The Kier molecular flexibility index (Phi) is 4.62. The van der Waals surface area contributed by atoms with Crippen LogP contribution in [0.3, 0.4) is 0 Å². The number of nitrogens with one attached hydrogen (secondary N) is 1. The molecule has 0 aliphatic carbocycles. The van der Waals surface area contributed by atoms with Gasteiger partial charge in [-0.3, -0.25) is 4.98 Å². The van der Waals surface area contributed by atoms with E-state index >= 15 is 0 Å². The Labute approximate surface area is 156 Å². The molecular weight excluding hydrogens is 344 g/mol. The van der Waals surface area contributed by atoms with E-state index in [9.17, 15) is 0 Å². The van der Waals surface area contributed by atoms with Gasteiger partial charge in [-0.2, -0.15) is 0 Å². The van der Waals surface area contributed by atoms with Crippen LogP contribution in [0.2, 0.25) is 0 Å². The Morgan fingerprint density at radius 2 is 2.08 bits per heavy atom. The zero-order chi connectivity index (χ0) is 17.9. The molecule has 132 valence electrons. The second-order valence-corrected chi connectivity index (χ2v) is 7.38. The summed E-state index contributed by atoms with van der Waals surface area (Å²) in [5.74, 6) is 1.62. The minimum absolute atomic E-state index is 0.712. The molecule has 4 aromatic rings. The van der Waals surface area contributed by atoms with E-state index in [0.29, 0.717) is 5.82 Å². The van der Waals surface area contributed by atoms with Crippen LogP contribution in [0.4, 0.5) is 5.82 Å². The largest absolute Gasteiger partial charge is 0.369 e. The maximum absolute atomic E-state index is 4.81. The number of fused-ring (bicyclic) bond motifs is 1. The Bertz CT molecular complexity index is 1010. The molecule has 0 atom stereocenters. The van der Waals surface area contributed by atoms with Crippen molar-refractivity contribution in [2.24, 2.45) is 0 Å². The SMILES string of the molecule is Cc1sc2nc(-c3cccnc3)nc(NCCCn3ccnc3)c2c1C. The molecule has 0 saturated heterocycles. The first-order chi connectivity index (χ1) is 12.7. The lowest BCUT2D eigenvalue weighted by Crippen LogP contribution is -2.08.